The average Bonchev–Trinajstić information content (AvgIpc) is 2.61. The first-order chi connectivity index (χ1) is 14.5. The summed E-state index contributed by atoms with van der Waals surface area (Å²) in [6, 6.07) is 14.1. The fraction of sp³-hybridized carbons (Fsp3) is 0.500. The van der Waals surface area contributed by atoms with Gasteiger partial charge in [0, 0.05) is 0 Å². The van der Waals surface area contributed by atoms with Crippen LogP contribution < -0.4 is 0 Å². The van der Waals surface area contributed by atoms with E-state index in [1.54, 1.807) is 0 Å². The fourth-order valence-electron chi connectivity index (χ4n) is 6.13. The Morgan fingerprint density at radius 2 is 0.531 bits per heavy atom. The first-order valence-electron chi connectivity index (χ1n) is 12.2. The van der Waals surface area contributed by atoms with Crippen molar-refractivity contribution in [1.82, 2.24) is 0 Å². The molecule has 0 fully saturated rings. The number of hydrogen-bond donors (Lipinski definition) is 0. The lowest BCUT2D eigenvalue weighted by Crippen LogP contribution is -2.25. The van der Waals surface area contributed by atoms with Gasteiger partial charge in [0.2, 0.25) is 0 Å². The summed E-state index contributed by atoms with van der Waals surface area (Å²) >= 11 is 0. The van der Waals surface area contributed by atoms with Crippen molar-refractivity contribution in [3.63, 3.8) is 0 Å². The van der Waals surface area contributed by atoms with E-state index in [4.69, 9.17) is 0 Å². The zero-order chi connectivity index (χ0) is 24.0. The Hall–Kier alpha value is -2.08. The predicted molar refractivity (Wildman–Crippen MR) is 145 cm³/mol. The Bertz CT molecular complexity index is 1120. The molecule has 0 saturated heterocycles. The van der Waals surface area contributed by atoms with Crippen LogP contribution in [-0.4, -0.2) is 0 Å². The van der Waals surface area contributed by atoms with Gasteiger partial charge in [0.15, 0.2) is 0 Å². The number of hydrogen-bond acceptors (Lipinski definition) is 0. The summed E-state index contributed by atoms with van der Waals surface area (Å²) in [5, 5.41) is 8.69. The smallest absolute Gasteiger partial charge is 0.00204 e. The maximum atomic E-state index is 2.38. The molecule has 0 aliphatic rings. The Morgan fingerprint density at radius 3 is 0.688 bits per heavy atom. The maximum Gasteiger partial charge on any atom is -0.00204 e. The van der Waals surface area contributed by atoms with E-state index in [1.807, 2.05) is 0 Å². The molecule has 0 unspecified atom stereocenters. The first kappa shape index (κ1) is 23.1. The van der Waals surface area contributed by atoms with Crippen LogP contribution >= 0.6 is 0 Å². The van der Waals surface area contributed by atoms with Gasteiger partial charge in [0.1, 0.15) is 0 Å². The highest BCUT2D eigenvalue weighted by atomic mass is 14.4. The van der Waals surface area contributed by atoms with Crippen LogP contribution in [0.3, 0.4) is 0 Å². The monoisotopic (exact) mass is 426 g/mol. The van der Waals surface area contributed by atoms with Gasteiger partial charge in [0.25, 0.3) is 0 Å². The van der Waals surface area contributed by atoms with Crippen molar-refractivity contribution >= 4 is 32.3 Å². The van der Waals surface area contributed by atoms with Crippen molar-refractivity contribution in [3.05, 3.63) is 58.7 Å². The van der Waals surface area contributed by atoms with Gasteiger partial charge in [-0.15, -0.1) is 0 Å². The Morgan fingerprint density at radius 1 is 0.344 bits per heavy atom. The quantitative estimate of drug-likeness (QED) is 0.245. The van der Waals surface area contributed by atoms with Crippen LogP contribution in [-0.2, 0) is 21.7 Å². The summed E-state index contributed by atoms with van der Waals surface area (Å²) in [7, 11) is 0. The standard InChI is InChI=1S/C32H42/c1-29(2,3)25-19-15-13-17-21-23(19)24-20(26(25)30(4,5)6)16-14-18-22(24)28(32(10,11)12)27(21)31(7,8)9/h13-18H,1-12H3. The molecular weight excluding hydrogens is 384 g/mol. The average molecular weight is 427 g/mol. The van der Waals surface area contributed by atoms with Gasteiger partial charge in [-0.2, -0.15) is 0 Å². The highest BCUT2D eigenvalue weighted by Gasteiger charge is 2.35. The van der Waals surface area contributed by atoms with E-state index in [0.717, 1.165) is 0 Å². The highest BCUT2D eigenvalue weighted by Crippen LogP contribution is 2.52. The van der Waals surface area contributed by atoms with Gasteiger partial charge < -0.3 is 0 Å². The molecular formula is C32H42. The molecule has 170 valence electrons. The minimum Gasteiger partial charge on any atom is -0.0610 e. The lowest BCUT2D eigenvalue weighted by Gasteiger charge is -2.37. The molecule has 0 atom stereocenters. The number of rotatable bonds is 0. The second-order valence-electron chi connectivity index (χ2n) is 14.0. The van der Waals surface area contributed by atoms with Gasteiger partial charge in [-0.25, -0.2) is 0 Å². The molecule has 0 amide bonds. The van der Waals surface area contributed by atoms with Crippen LogP contribution in [0, 0.1) is 0 Å². The van der Waals surface area contributed by atoms with Crippen LogP contribution in [0.2, 0.25) is 0 Å². The molecule has 4 aromatic carbocycles. The van der Waals surface area contributed by atoms with E-state index in [-0.39, 0.29) is 21.7 Å². The van der Waals surface area contributed by atoms with Crippen LogP contribution in [0.4, 0.5) is 0 Å². The summed E-state index contributed by atoms with van der Waals surface area (Å²) in [6.45, 7) is 28.6. The molecule has 0 aliphatic heterocycles. The summed E-state index contributed by atoms with van der Waals surface area (Å²) < 4.78 is 0. The van der Waals surface area contributed by atoms with Gasteiger partial charge >= 0.3 is 0 Å². The first-order valence-corrected chi connectivity index (χ1v) is 12.2. The molecule has 0 heterocycles. The second-order valence-corrected chi connectivity index (χ2v) is 14.0. The van der Waals surface area contributed by atoms with E-state index in [2.05, 4.69) is 119 Å². The third kappa shape index (κ3) is 3.33. The second kappa shape index (κ2) is 6.72. The Balaban J connectivity index is 2.50. The molecule has 0 aliphatic carbocycles. The van der Waals surface area contributed by atoms with Crippen LogP contribution in [0.15, 0.2) is 36.4 Å². The molecule has 0 radical (unpaired) electrons. The van der Waals surface area contributed by atoms with Gasteiger partial charge in [-0.1, -0.05) is 119 Å². The molecule has 0 saturated carbocycles. The van der Waals surface area contributed by atoms with E-state index in [1.165, 1.54) is 54.6 Å². The Kier molecular flexibility index (Phi) is 4.85. The van der Waals surface area contributed by atoms with Crippen LogP contribution in [0.5, 0.6) is 0 Å². The zero-order valence-electron chi connectivity index (χ0n) is 22.5. The molecule has 0 nitrogen and oxygen atoms in total. The lowest BCUT2D eigenvalue weighted by molar-refractivity contribution is 0.537. The van der Waals surface area contributed by atoms with Crippen molar-refractivity contribution in [2.45, 2.75) is 105 Å². The van der Waals surface area contributed by atoms with Crippen LogP contribution in [0.25, 0.3) is 32.3 Å². The summed E-state index contributed by atoms with van der Waals surface area (Å²) in [6.07, 6.45) is 0. The molecule has 0 spiro atoms. The van der Waals surface area contributed by atoms with E-state index in [0.29, 0.717) is 0 Å². The van der Waals surface area contributed by atoms with Crippen molar-refractivity contribution in [3.8, 4) is 0 Å². The SMILES string of the molecule is CC(C)(C)c1c(C(C)(C)C)c2cccc3c(C(C)(C)C)c(C(C)(C)C)c4cccc1c4c23. The minimum absolute atomic E-state index is 0.0569. The zero-order valence-corrected chi connectivity index (χ0v) is 22.5. The van der Waals surface area contributed by atoms with E-state index >= 15 is 0 Å². The normalized spacial score (nSPS) is 14.2. The molecule has 0 bridgehead atoms. The summed E-state index contributed by atoms with van der Waals surface area (Å²) in [4.78, 5) is 0. The molecule has 0 N–H and O–H groups in total. The maximum absolute atomic E-state index is 2.38. The summed E-state index contributed by atoms with van der Waals surface area (Å²) in [5.74, 6) is 0. The molecule has 4 rings (SSSR count). The molecule has 0 heteroatoms. The van der Waals surface area contributed by atoms with E-state index < -0.39 is 0 Å². The van der Waals surface area contributed by atoms with Crippen molar-refractivity contribution in [2.24, 2.45) is 0 Å². The molecule has 32 heavy (non-hydrogen) atoms. The molecule has 0 aromatic heterocycles. The molecule has 4 aromatic rings. The predicted octanol–water partition coefficient (Wildman–Crippen LogP) is 9.77. The van der Waals surface area contributed by atoms with Crippen molar-refractivity contribution in [2.75, 3.05) is 0 Å². The van der Waals surface area contributed by atoms with Gasteiger partial charge in [0.05, 0.1) is 0 Å². The van der Waals surface area contributed by atoms with Gasteiger partial charge in [-0.05, 0) is 76.2 Å². The van der Waals surface area contributed by atoms with E-state index in [9.17, 15) is 0 Å². The third-order valence-corrected chi connectivity index (χ3v) is 6.96. The topological polar surface area (TPSA) is 0 Å². The minimum atomic E-state index is 0.0569. The fourth-order valence-corrected chi connectivity index (χ4v) is 6.13. The van der Waals surface area contributed by atoms with Crippen molar-refractivity contribution in [1.29, 1.82) is 0 Å². The highest BCUT2D eigenvalue weighted by molar-refractivity contribution is 6.27. The Labute approximate surface area is 195 Å². The number of benzene rings is 4. The lowest BCUT2D eigenvalue weighted by atomic mass is 9.66. The third-order valence-electron chi connectivity index (χ3n) is 6.96. The van der Waals surface area contributed by atoms with Crippen LogP contribution in [0.1, 0.15) is 105 Å². The largest absolute Gasteiger partial charge is 0.0610 e. The summed E-state index contributed by atoms with van der Waals surface area (Å²) in [5.41, 5.74) is 6.28. The van der Waals surface area contributed by atoms with Crippen molar-refractivity contribution < 1.29 is 0 Å². The van der Waals surface area contributed by atoms with Gasteiger partial charge in [-0.3, -0.25) is 0 Å².